The fourth-order valence-corrected chi connectivity index (χ4v) is 3.43. The quantitative estimate of drug-likeness (QED) is 0.837. The van der Waals surface area contributed by atoms with Crippen molar-refractivity contribution in [1.82, 2.24) is 0 Å². The molecule has 23 heavy (non-hydrogen) atoms. The molecule has 3 heteroatoms. The minimum atomic E-state index is 0.190. The number of para-hydroxylation sites is 2. The fourth-order valence-electron chi connectivity index (χ4n) is 3.43. The summed E-state index contributed by atoms with van der Waals surface area (Å²) in [6, 6.07) is 18.9. The standard InChI is InChI=1S/C20H24N2O/c1-3-21(18-10-5-4-6-11-18)20(23)13-14-22-16(2)15-17-9-7-8-12-19(17)22/h4-12,16H,3,13-15H2,1-2H3. The minimum Gasteiger partial charge on any atom is -0.368 e. The van der Waals surface area contributed by atoms with Crippen molar-refractivity contribution in [2.45, 2.75) is 32.7 Å². The van der Waals surface area contributed by atoms with Crippen LogP contribution in [0.4, 0.5) is 11.4 Å². The predicted octanol–water partition coefficient (Wildman–Crippen LogP) is 3.88. The lowest BCUT2D eigenvalue weighted by Gasteiger charge is -2.27. The smallest absolute Gasteiger partial charge is 0.228 e. The zero-order valence-corrected chi connectivity index (χ0v) is 13.9. The van der Waals surface area contributed by atoms with Gasteiger partial charge in [-0.3, -0.25) is 4.79 Å². The molecule has 1 amide bonds. The molecule has 0 N–H and O–H groups in total. The van der Waals surface area contributed by atoms with Gasteiger partial charge in [-0.15, -0.1) is 0 Å². The maximum atomic E-state index is 12.6. The topological polar surface area (TPSA) is 23.6 Å². The molecule has 3 rings (SSSR count). The number of fused-ring (bicyclic) bond motifs is 1. The van der Waals surface area contributed by atoms with Crippen LogP contribution in [0.1, 0.15) is 25.8 Å². The Labute approximate surface area is 138 Å². The second-order valence-corrected chi connectivity index (χ2v) is 6.10. The van der Waals surface area contributed by atoms with Crippen molar-refractivity contribution in [1.29, 1.82) is 0 Å². The number of hydrogen-bond acceptors (Lipinski definition) is 2. The van der Waals surface area contributed by atoms with Gasteiger partial charge < -0.3 is 9.80 Å². The van der Waals surface area contributed by atoms with Gasteiger partial charge in [-0.05, 0) is 44.0 Å². The summed E-state index contributed by atoms with van der Waals surface area (Å²) >= 11 is 0. The largest absolute Gasteiger partial charge is 0.368 e. The van der Waals surface area contributed by atoms with E-state index in [0.29, 0.717) is 19.0 Å². The summed E-state index contributed by atoms with van der Waals surface area (Å²) < 4.78 is 0. The van der Waals surface area contributed by atoms with Gasteiger partial charge in [0.15, 0.2) is 0 Å². The van der Waals surface area contributed by atoms with E-state index < -0.39 is 0 Å². The number of hydrogen-bond donors (Lipinski definition) is 0. The maximum Gasteiger partial charge on any atom is 0.228 e. The van der Waals surface area contributed by atoms with E-state index in [4.69, 9.17) is 0 Å². The number of rotatable bonds is 5. The van der Waals surface area contributed by atoms with Crippen molar-refractivity contribution in [3.63, 3.8) is 0 Å². The molecule has 0 saturated heterocycles. The van der Waals surface area contributed by atoms with Gasteiger partial charge in [-0.25, -0.2) is 0 Å². The van der Waals surface area contributed by atoms with E-state index >= 15 is 0 Å². The highest BCUT2D eigenvalue weighted by Gasteiger charge is 2.26. The molecule has 0 fully saturated rings. The van der Waals surface area contributed by atoms with Gasteiger partial charge in [0, 0.05) is 36.9 Å². The van der Waals surface area contributed by atoms with Crippen LogP contribution in [0.2, 0.25) is 0 Å². The molecule has 1 atom stereocenters. The number of benzene rings is 2. The molecule has 0 spiro atoms. The Hall–Kier alpha value is -2.29. The summed E-state index contributed by atoms with van der Waals surface area (Å²) in [6.07, 6.45) is 1.61. The maximum absolute atomic E-state index is 12.6. The van der Waals surface area contributed by atoms with Gasteiger partial charge in [0.05, 0.1) is 0 Å². The van der Waals surface area contributed by atoms with Crippen LogP contribution >= 0.6 is 0 Å². The van der Waals surface area contributed by atoms with E-state index in [1.807, 2.05) is 42.2 Å². The summed E-state index contributed by atoms with van der Waals surface area (Å²) in [6.45, 7) is 5.74. The Kier molecular flexibility index (Phi) is 4.65. The molecule has 0 aromatic heterocycles. The molecular weight excluding hydrogens is 284 g/mol. The number of carbonyl (C=O) groups excluding carboxylic acids is 1. The number of carbonyl (C=O) groups is 1. The first-order chi connectivity index (χ1) is 11.2. The first-order valence-electron chi connectivity index (χ1n) is 8.40. The van der Waals surface area contributed by atoms with Crippen molar-refractivity contribution in [2.24, 2.45) is 0 Å². The lowest BCUT2D eigenvalue weighted by molar-refractivity contribution is -0.118. The van der Waals surface area contributed by atoms with Crippen molar-refractivity contribution in [3.8, 4) is 0 Å². The first-order valence-corrected chi connectivity index (χ1v) is 8.40. The number of amides is 1. The third-order valence-corrected chi connectivity index (χ3v) is 4.60. The first kappa shape index (κ1) is 15.6. The second kappa shape index (κ2) is 6.86. The fraction of sp³-hybridized carbons (Fsp3) is 0.350. The van der Waals surface area contributed by atoms with Gasteiger partial charge in [-0.1, -0.05) is 36.4 Å². The predicted molar refractivity (Wildman–Crippen MR) is 96.0 cm³/mol. The van der Waals surface area contributed by atoms with Crippen LogP contribution in [0.15, 0.2) is 54.6 Å². The Balaban J connectivity index is 1.67. The van der Waals surface area contributed by atoms with Crippen LogP contribution in [0.5, 0.6) is 0 Å². The summed E-state index contributed by atoms with van der Waals surface area (Å²) in [5.74, 6) is 0.190. The molecule has 3 nitrogen and oxygen atoms in total. The zero-order valence-electron chi connectivity index (χ0n) is 13.9. The molecular formula is C20H24N2O. The molecule has 0 radical (unpaired) electrons. The Morgan fingerprint density at radius 1 is 1.13 bits per heavy atom. The Bertz CT molecular complexity index is 668. The van der Waals surface area contributed by atoms with Crippen LogP contribution in [0.3, 0.4) is 0 Å². The normalized spacial score (nSPS) is 16.3. The van der Waals surface area contributed by atoms with Crippen molar-refractivity contribution < 1.29 is 4.79 Å². The third-order valence-electron chi connectivity index (χ3n) is 4.60. The van der Waals surface area contributed by atoms with Crippen LogP contribution in [-0.4, -0.2) is 25.0 Å². The van der Waals surface area contributed by atoms with Crippen molar-refractivity contribution >= 4 is 17.3 Å². The van der Waals surface area contributed by atoms with Gasteiger partial charge in [0.2, 0.25) is 5.91 Å². The highest BCUT2D eigenvalue weighted by Crippen LogP contribution is 2.31. The Morgan fingerprint density at radius 2 is 1.83 bits per heavy atom. The summed E-state index contributed by atoms with van der Waals surface area (Å²) in [5.41, 5.74) is 3.66. The van der Waals surface area contributed by atoms with Crippen LogP contribution in [0.25, 0.3) is 0 Å². The van der Waals surface area contributed by atoms with Crippen LogP contribution in [-0.2, 0) is 11.2 Å². The van der Waals surface area contributed by atoms with E-state index in [2.05, 4.69) is 36.1 Å². The lowest BCUT2D eigenvalue weighted by atomic mass is 10.1. The summed E-state index contributed by atoms with van der Waals surface area (Å²) in [5, 5.41) is 0. The van der Waals surface area contributed by atoms with Crippen molar-refractivity contribution in [3.05, 3.63) is 60.2 Å². The number of nitrogens with zero attached hydrogens (tertiary/aromatic N) is 2. The van der Waals surface area contributed by atoms with E-state index in [-0.39, 0.29) is 5.91 Å². The second-order valence-electron chi connectivity index (χ2n) is 6.10. The van der Waals surface area contributed by atoms with Gasteiger partial charge in [0.1, 0.15) is 0 Å². The van der Waals surface area contributed by atoms with E-state index in [1.54, 1.807) is 0 Å². The minimum absolute atomic E-state index is 0.190. The molecule has 0 bridgehead atoms. The molecule has 1 heterocycles. The summed E-state index contributed by atoms with van der Waals surface area (Å²) in [7, 11) is 0. The molecule has 120 valence electrons. The van der Waals surface area contributed by atoms with E-state index in [0.717, 1.165) is 18.7 Å². The van der Waals surface area contributed by atoms with E-state index in [1.165, 1.54) is 11.3 Å². The molecule has 0 saturated carbocycles. The Morgan fingerprint density at radius 3 is 2.57 bits per heavy atom. The molecule has 1 aliphatic heterocycles. The molecule has 2 aromatic rings. The average Bonchev–Trinajstić information content (AvgIpc) is 2.90. The number of anilines is 2. The summed E-state index contributed by atoms with van der Waals surface area (Å²) in [4.78, 5) is 16.9. The van der Waals surface area contributed by atoms with Gasteiger partial charge >= 0.3 is 0 Å². The highest BCUT2D eigenvalue weighted by molar-refractivity contribution is 5.93. The lowest BCUT2D eigenvalue weighted by Crippen LogP contribution is -2.36. The highest BCUT2D eigenvalue weighted by atomic mass is 16.2. The van der Waals surface area contributed by atoms with Crippen LogP contribution < -0.4 is 9.80 Å². The van der Waals surface area contributed by atoms with E-state index in [9.17, 15) is 4.79 Å². The van der Waals surface area contributed by atoms with Gasteiger partial charge in [-0.2, -0.15) is 0 Å². The van der Waals surface area contributed by atoms with Crippen LogP contribution in [0, 0.1) is 0 Å². The molecule has 1 aliphatic rings. The molecule has 1 unspecified atom stereocenters. The molecule has 2 aromatic carbocycles. The zero-order chi connectivity index (χ0) is 16.2. The molecule has 0 aliphatic carbocycles. The third kappa shape index (κ3) is 3.24. The van der Waals surface area contributed by atoms with Gasteiger partial charge in [0.25, 0.3) is 0 Å². The SMILES string of the molecule is CCN(C(=O)CCN1c2ccccc2CC1C)c1ccccc1. The monoisotopic (exact) mass is 308 g/mol. The van der Waals surface area contributed by atoms with Crippen molar-refractivity contribution in [2.75, 3.05) is 22.9 Å². The average molecular weight is 308 g/mol.